The van der Waals surface area contributed by atoms with E-state index in [2.05, 4.69) is 4.72 Å². The van der Waals surface area contributed by atoms with Gasteiger partial charge in [-0.1, -0.05) is 0 Å². The smallest absolute Gasteiger partial charge is 0.210 e. The number of hydrogen-bond donors (Lipinski definition) is 1. The number of alkyl halides is 1. The van der Waals surface area contributed by atoms with Crippen LogP contribution in [0.1, 0.15) is 18.1 Å². The molecule has 0 bridgehead atoms. The van der Waals surface area contributed by atoms with Gasteiger partial charge in [0.25, 0.3) is 0 Å². The Balaban J connectivity index is 3.16. The number of aryl methyl sites for hydroxylation is 2. The highest BCUT2D eigenvalue weighted by atomic mass is 35.5. The van der Waals surface area contributed by atoms with E-state index in [1.807, 2.05) is 0 Å². The van der Waals surface area contributed by atoms with E-state index in [0.29, 0.717) is 11.1 Å². The van der Waals surface area contributed by atoms with E-state index in [1.165, 1.54) is 12.1 Å². The standard InChI is InChI=1S/C11H15ClFNO2S/c1-7-4-10(13)5-8(2)11(7)17(15,16)14-6-9(3)12/h4-5,9,14H,6H2,1-3H3. The second-order valence-corrected chi connectivity index (χ2v) is 6.45. The fourth-order valence-corrected chi connectivity index (χ4v) is 3.37. The molecular weight excluding hydrogens is 265 g/mol. The zero-order chi connectivity index (χ0) is 13.2. The van der Waals surface area contributed by atoms with Crippen molar-refractivity contribution in [3.8, 4) is 0 Å². The molecule has 0 amide bonds. The molecule has 17 heavy (non-hydrogen) atoms. The fraction of sp³-hybridized carbons (Fsp3) is 0.455. The SMILES string of the molecule is Cc1cc(F)cc(C)c1S(=O)(=O)NCC(C)Cl. The Hall–Kier alpha value is -0.650. The van der Waals surface area contributed by atoms with E-state index in [9.17, 15) is 12.8 Å². The maximum Gasteiger partial charge on any atom is 0.241 e. The van der Waals surface area contributed by atoms with Crippen molar-refractivity contribution in [2.24, 2.45) is 0 Å². The van der Waals surface area contributed by atoms with E-state index >= 15 is 0 Å². The quantitative estimate of drug-likeness (QED) is 0.860. The van der Waals surface area contributed by atoms with Crippen molar-refractivity contribution in [2.75, 3.05) is 6.54 Å². The van der Waals surface area contributed by atoms with Gasteiger partial charge in [0, 0.05) is 11.9 Å². The second-order valence-electron chi connectivity index (χ2n) is 4.00. The Bertz CT molecular complexity index is 491. The highest BCUT2D eigenvalue weighted by Gasteiger charge is 2.20. The molecule has 0 heterocycles. The molecule has 6 heteroatoms. The Morgan fingerprint density at radius 1 is 1.35 bits per heavy atom. The fourth-order valence-electron chi connectivity index (χ4n) is 1.62. The van der Waals surface area contributed by atoms with Gasteiger partial charge in [0.1, 0.15) is 5.82 Å². The van der Waals surface area contributed by atoms with Crippen molar-refractivity contribution in [2.45, 2.75) is 31.0 Å². The molecule has 0 fully saturated rings. The summed E-state index contributed by atoms with van der Waals surface area (Å²) >= 11 is 5.69. The van der Waals surface area contributed by atoms with Gasteiger partial charge in [-0.25, -0.2) is 17.5 Å². The van der Waals surface area contributed by atoms with Crippen LogP contribution < -0.4 is 4.72 Å². The van der Waals surface area contributed by atoms with Crippen LogP contribution in [-0.4, -0.2) is 20.3 Å². The predicted molar refractivity (Wildman–Crippen MR) is 66.4 cm³/mol. The van der Waals surface area contributed by atoms with Crippen molar-refractivity contribution in [3.05, 3.63) is 29.1 Å². The van der Waals surface area contributed by atoms with Gasteiger partial charge in [-0.05, 0) is 44.0 Å². The largest absolute Gasteiger partial charge is 0.241 e. The summed E-state index contributed by atoms with van der Waals surface area (Å²) in [6, 6.07) is 2.40. The first-order chi connectivity index (χ1) is 7.74. The minimum absolute atomic E-state index is 0.121. The summed E-state index contributed by atoms with van der Waals surface area (Å²) in [6.45, 7) is 4.96. The molecule has 96 valence electrons. The van der Waals surface area contributed by atoms with Crippen molar-refractivity contribution in [3.63, 3.8) is 0 Å². The van der Waals surface area contributed by atoms with Crippen LogP contribution in [0.3, 0.4) is 0 Å². The maximum absolute atomic E-state index is 13.1. The van der Waals surface area contributed by atoms with Crippen molar-refractivity contribution >= 4 is 21.6 Å². The average Bonchev–Trinajstić information content (AvgIpc) is 2.12. The van der Waals surface area contributed by atoms with Crippen LogP contribution in [0.25, 0.3) is 0 Å². The van der Waals surface area contributed by atoms with Crippen molar-refractivity contribution in [1.29, 1.82) is 0 Å². The van der Waals surface area contributed by atoms with Gasteiger partial charge < -0.3 is 0 Å². The van der Waals surface area contributed by atoms with Crippen LogP contribution in [0.2, 0.25) is 0 Å². The summed E-state index contributed by atoms with van der Waals surface area (Å²) in [5.74, 6) is -0.440. The topological polar surface area (TPSA) is 46.2 Å². The lowest BCUT2D eigenvalue weighted by atomic mass is 10.1. The van der Waals surface area contributed by atoms with Crippen molar-refractivity contribution in [1.82, 2.24) is 4.72 Å². The molecule has 1 rings (SSSR count). The van der Waals surface area contributed by atoms with Crippen molar-refractivity contribution < 1.29 is 12.8 Å². The minimum atomic E-state index is -3.63. The van der Waals surface area contributed by atoms with Crippen LogP contribution in [0.4, 0.5) is 4.39 Å². The van der Waals surface area contributed by atoms with Gasteiger partial charge in [0.15, 0.2) is 0 Å². The van der Waals surface area contributed by atoms with Gasteiger partial charge in [0.2, 0.25) is 10.0 Å². The monoisotopic (exact) mass is 279 g/mol. The number of rotatable bonds is 4. The average molecular weight is 280 g/mol. The van der Waals surface area contributed by atoms with E-state index in [-0.39, 0.29) is 16.8 Å². The zero-order valence-corrected chi connectivity index (χ0v) is 11.5. The normalized spacial score (nSPS) is 13.7. The number of benzene rings is 1. The number of hydrogen-bond acceptors (Lipinski definition) is 2. The third-order valence-corrected chi connectivity index (χ3v) is 4.13. The lowest BCUT2D eigenvalue weighted by Gasteiger charge is -2.12. The van der Waals surface area contributed by atoms with Gasteiger partial charge in [0.05, 0.1) is 4.90 Å². The number of sulfonamides is 1. The number of halogens is 2. The first-order valence-electron chi connectivity index (χ1n) is 5.14. The molecule has 0 radical (unpaired) electrons. The van der Waals surface area contributed by atoms with E-state index in [1.54, 1.807) is 20.8 Å². The highest BCUT2D eigenvalue weighted by molar-refractivity contribution is 7.89. The van der Waals surface area contributed by atoms with E-state index in [0.717, 1.165) is 0 Å². The molecule has 1 N–H and O–H groups in total. The summed E-state index contributed by atoms with van der Waals surface area (Å²) in [5.41, 5.74) is 0.773. The molecule has 0 aliphatic heterocycles. The summed E-state index contributed by atoms with van der Waals surface area (Å²) in [6.07, 6.45) is 0. The lowest BCUT2D eigenvalue weighted by Crippen LogP contribution is -2.29. The third-order valence-electron chi connectivity index (χ3n) is 2.25. The summed E-state index contributed by atoms with van der Waals surface area (Å²) in [5, 5.41) is -0.300. The predicted octanol–water partition coefficient (Wildman–Crippen LogP) is 2.35. The van der Waals surface area contributed by atoms with Crippen LogP contribution in [0.5, 0.6) is 0 Å². The van der Waals surface area contributed by atoms with Crippen LogP contribution >= 0.6 is 11.6 Å². The second kappa shape index (κ2) is 5.33. The van der Waals surface area contributed by atoms with Gasteiger partial charge in [-0.3, -0.25) is 0 Å². The molecule has 1 atom stereocenters. The van der Waals surface area contributed by atoms with Crippen LogP contribution in [0.15, 0.2) is 17.0 Å². The summed E-state index contributed by atoms with van der Waals surface area (Å²) < 4.78 is 39.5. The summed E-state index contributed by atoms with van der Waals surface area (Å²) in [4.78, 5) is 0.121. The molecule has 3 nitrogen and oxygen atoms in total. The van der Waals surface area contributed by atoms with Gasteiger partial charge in [-0.15, -0.1) is 11.6 Å². The molecule has 0 aromatic heterocycles. The Labute approximate surface area is 106 Å². The Morgan fingerprint density at radius 3 is 2.24 bits per heavy atom. The molecule has 0 aliphatic rings. The minimum Gasteiger partial charge on any atom is -0.210 e. The molecule has 1 aromatic carbocycles. The number of nitrogens with one attached hydrogen (secondary N) is 1. The highest BCUT2D eigenvalue weighted by Crippen LogP contribution is 2.21. The lowest BCUT2D eigenvalue weighted by molar-refractivity contribution is 0.578. The van der Waals surface area contributed by atoms with Gasteiger partial charge >= 0.3 is 0 Å². The van der Waals surface area contributed by atoms with Gasteiger partial charge in [-0.2, -0.15) is 0 Å². The Kier molecular flexibility index (Phi) is 4.52. The molecule has 0 spiro atoms. The molecule has 0 aliphatic carbocycles. The first kappa shape index (κ1) is 14.4. The molecule has 0 saturated heterocycles. The van der Waals surface area contributed by atoms with Crippen LogP contribution in [-0.2, 0) is 10.0 Å². The zero-order valence-electron chi connectivity index (χ0n) is 9.92. The summed E-state index contributed by atoms with van der Waals surface area (Å²) in [7, 11) is -3.63. The molecule has 1 aromatic rings. The molecule has 0 saturated carbocycles. The first-order valence-corrected chi connectivity index (χ1v) is 7.06. The van der Waals surface area contributed by atoms with E-state index in [4.69, 9.17) is 11.6 Å². The third kappa shape index (κ3) is 3.66. The van der Waals surface area contributed by atoms with Crippen LogP contribution in [0, 0.1) is 19.7 Å². The maximum atomic E-state index is 13.1. The molecular formula is C11H15ClFNO2S. The van der Waals surface area contributed by atoms with E-state index < -0.39 is 15.8 Å². The molecule has 1 unspecified atom stereocenters. The Morgan fingerprint density at radius 2 is 1.82 bits per heavy atom.